The fourth-order valence-corrected chi connectivity index (χ4v) is 3.89. The molecular weight excluding hydrogens is 312 g/mol. The second-order valence-corrected chi connectivity index (χ2v) is 6.70. The standard InChI is InChI=1S/C21H22N2O2/c1-2-11-25-21(24)14-8-9-19-18(12-14)16-6-3-7-17(16)20(23-19)15-5-4-10-22-13-15/h3-6,8-10,12-13,16-17,20,23H,2,7,11H2,1H3. The summed E-state index contributed by atoms with van der Waals surface area (Å²) >= 11 is 0. The number of carbonyl (C=O) groups excluding carboxylic acids is 1. The van der Waals surface area contributed by atoms with E-state index in [4.69, 9.17) is 4.74 Å². The van der Waals surface area contributed by atoms with E-state index in [1.165, 1.54) is 11.1 Å². The van der Waals surface area contributed by atoms with Crippen molar-refractivity contribution in [3.05, 3.63) is 71.6 Å². The van der Waals surface area contributed by atoms with Gasteiger partial charge in [0.2, 0.25) is 0 Å². The van der Waals surface area contributed by atoms with Gasteiger partial charge in [0.05, 0.1) is 18.2 Å². The molecule has 2 aromatic rings. The minimum Gasteiger partial charge on any atom is -0.462 e. The van der Waals surface area contributed by atoms with Crippen LogP contribution >= 0.6 is 0 Å². The van der Waals surface area contributed by atoms with Crippen molar-refractivity contribution in [3.63, 3.8) is 0 Å². The Morgan fingerprint density at radius 2 is 2.28 bits per heavy atom. The normalized spacial score (nSPS) is 23.5. The van der Waals surface area contributed by atoms with Crippen molar-refractivity contribution < 1.29 is 9.53 Å². The zero-order valence-electron chi connectivity index (χ0n) is 14.3. The maximum absolute atomic E-state index is 12.2. The van der Waals surface area contributed by atoms with E-state index in [0.29, 0.717) is 24.0 Å². The number of anilines is 1. The van der Waals surface area contributed by atoms with Gasteiger partial charge in [-0.15, -0.1) is 0 Å². The lowest BCUT2D eigenvalue weighted by Crippen LogP contribution is -2.29. The number of hydrogen-bond acceptors (Lipinski definition) is 4. The number of allylic oxidation sites excluding steroid dienone is 2. The van der Waals surface area contributed by atoms with E-state index in [9.17, 15) is 4.79 Å². The Hall–Kier alpha value is -2.62. The number of aromatic nitrogens is 1. The highest BCUT2D eigenvalue weighted by atomic mass is 16.5. The second-order valence-electron chi connectivity index (χ2n) is 6.70. The molecule has 2 aliphatic rings. The highest BCUT2D eigenvalue weighted by Crippen LogP contribution is 2.49. The van der Waals surface area contributed by atoms with E-state index < -0.39 is 0 Å². The molecule has 0 amide bonds. The van der Waals surface area contributed by atoms with E-state index in [1.807, 2.05) is 37.4 Å². The molecule has 25 heavy (non-hydrogen) atoms. The topological polar surface area (TPSA) is 51.2 Å². The molecule has 1 aromatic carbocycles. The number of benzene rings is 1. The number of carbonyl (C=O) groups is 1. The molecule has 3 atom stereocenters. The summed E-state index contributed by atoms with van der Waals surface area (Å²) in [6.45, 7) is 2.46. The zero-order chi connectivity index (χ0) is 17.2. The molecule has 4 rings (SSSR count). The molecule has 0 bridgehead atoms. The van der Waals surface area contributed by atoms with Crippen LogP contribution in [0.5, 0.6) is 0 Å². The van der Waals surface area contributed by atoms with Gasteiger partial charge >= 0.3 is 5.97 Å². The third-order valence-electron chi connectivity index (χ3n) is 5.08. The third kappa shape index (κ3) is 2.93. The predicted molar refractivity (Wildman–Crippen MR) is 97.6 cm³/mol. The van der Waals surface area contributed by atoms with Gasteiger partial charge in [-0.25, -0.2) is 4.79 Å². The summed E-state index contributed by atoms with van der Waals surface area (Å²) in [4.78, 5) is 16.5. The van der Waals surface area contributed by atoms with Crippen molar-refractivity contribution in [3.8, 4) is 0 Å². The van der Waals surface area contributed by atoms with E-state index in [1.54, 1.807) is 6.20 Å². The monoisotopic (exact) mass is 334 g/mol. The van der Waals surface area contributed by atoms with Gasteiger partial charge in [-0.1, -0.05) is 25.1 Å². The molecule has 1 aliphatic heterocycles. The Kier molecular flexibility index (Phi) is 4.26. The molecule has 1 aromatic heterocycles. The van der Waals surface area contributed by atoms with Gasteiger partial charge in [0.1, 0.15) is 0 Å². The highest BCUT2D eigenvalue weighted by Gasteiger charge is 2.38. The summed E-state index contributed by atoms with van der Waals surface area (Å²) in [5.41, 5.74) is 4.12. The number of nitrogens with zero attached hydrogens (tertiary/aromatic N) is 1. The van der Waals surface area contributed by atoms with Crippen LogP contribution in [-0.4, -0.2) is 17.6 Å². The number of esters is 1. The second kappa shape index (κ2) is 6.71. The lowest BCUT2D eigenvalue weighted by molar-refractivity contribution is 0.0505. The molecule has 1 aliphatic carbocycles. The minimum atomic E-state index is -0.238. The van der Waals surface area contributed by atoms with Crippen molar-refractivity contribution >= 4 is 11.7 Å². The summed E-state index contributed by atoms with van der Waals surface area (Å²) < 4.78 is 5.28. The lowest BCUT2D eigenvalue weighted by atomic mass is 9.77. The first-order valence-corrected chi connectivity index (χ1v) is 8.92. The quantitative estimate of drug-likeness (QED) is 0.662. The van der Waals surface area contributed by atoms with Crippen molar-refractivity contribution in [2.24, 2.45) is 5.92 Å². The number of hydrogen-bond donors (Lipinski definition) is 1. The first-order valence-electron chi connectivity index (χ1n) is 8.92. The van der Waals surface area contributed by atoms with E-state index in [-0.39, 0.29) is 12.0 Å². The van der Waals surface area contributed by atoms with Crippen molar-refractivity contribution in [1.29, 1.82) is 0 Å². The molecule has 1 N–H and O–H groups in total. The van der Waals surface area contributed by atoms with Crippen molar-refractivity contribution in [2.45, 2.75) is 31.7 Å². The Balaban J connectivity index is 1.67. The van der Waals surface area contributed by atoms with Crippen LogP contribution in [-0.2, 0) is 4.74 Å². The van der Waals surface area contributed by atoms with E-state index >= 15 is 0 Å². The number of pyridine rings is 1. The molecule has 0 radical (unpaired) electrons. The molecule has 128 valence electrons. The van der Waals surface area contributed by atoms with Crippen LogP contribution in [0.3, 0.4) is 0 Å². The van der Waals surface area contributed by atoms with Crippen molar-refractivity contribution in [2.75, 3.05) is 11.9 Å². The first kappa shape index (κ1) is 15.9. The first-order chi connectivity index (χ1) is 12.3. The smallest absolute Gasteiger partial charge is 0.338 e. The van der Waals surface area contributed by atoms with E-state index in [0.717, 1.165) is 18.5 Å². The molecular formula is C21H22N2O2. The van der Waals surface area contributed by atoms with Gasteiger partial charge in [0, 0.05) is 24.0 Å². The number of nitrogens with one attached hydrogen (secondary N) is 1. The van der Waals surface area contributed by atoms with Gasteiger partial charge in [-0.2, -0.15) is 0 Å². The fraction of sp³-hybridized carbons (Fsp3) is 0.333. The molecule has 0 saturated carbocycles. The van der Waals surface area contributed by atoms with Gasteiger partial charge < -0.3 is 10.1 Å². The Morgan fingerprint density at radius 3 is 3.08 bits per heavy atom. The molecule has 4 nitrogen and oxygen atoms in total. The maximum atomic E-state index is 12.2. The molecule has 0 spiro atoms. The predicted octanol–water partition coefficient (Wildman–Crippen LogP) is 4.47. The van der Waals surface area contributed by atoms with E-state index in [2.05, 4.69) is 28.5 Å². The van der Waals surface area contributed by atoms with Crippen molar-refractivity contribution in [1.82, 2.24) is 4.98 Å². The van der Waals surface area contributed by atoms with Crippen LogP contribution in [0, 0.1) is 5.92 Å². The Labute approximate surface area is 147 Å². The average Bonchev–Trinajstić information content (AvgIpc) is 3.16. The van der Waals surface area contributed by atoms with Gasteiger partial charge in [-0.3, -0.25) is 4.98 Å². The summed E-state index contributed by atoms with van der Waals surface area (Å²) in [6.07, 6.45) is 10.1. The Morgan fingerprint density at radius 1 is 1.36 bits per heavy atom. The van der Waals surface area contributed by atoms with Gasteiger partial charge in [-0.05, 0) is 54.2 Å². The fourth-order valence-electron chi connectivity index (χ4n) is 3.89. The van der Waals surface area contributed by atoms with Gasteiger partial charge in [0.25, 0.3) is 0 Å². The summed E-state index contributed by atoms with van der Waals surface area (Å²) in [6, 6.07) is 10.2. The van der Waals surface area contributed by atoms with Gasteiger partial charge in [0.15, 0.2) is 0 Å². The van der Waals surface area contributed by atoms with Crippen LogP contribution in [0.25, 0.3) is 0 Å². The maximum Gasteiger partial charge on any atom is 0.338 e. The van der Waals surface area contributed by atoms with Crippen LogP contribution < -0.4 is 5.32 Å². The molecule has 0 saturated heterocycles. The van der Waals surface area contributed by atoms with Crippen LogP contribution in [0.4, 0.5) is 5.69 Å². The summed E-state index contributed by atoms with van der Waals surface area (Å²) in [7, 11) is 0. The Bertz CT molecular complexity index is 801. The number of fused-ring (bicyclic) bond motifs is 3. The number of rotatable bonds is 4. The van der Waals surface area contributed by atoms with Crippen LogP contribution in [0.15, 0.2) is 54.9 Å². The molecule has 0 fully saturated rings. The van der Waals surface area contributed by atoms with Crippen LogP contribution in [0.1, 0.15) is 53.2 Å². The largest absolute Gasteiger partial charge is 0.462 e. The molecule has 2 heterocycles. The summed E-state index contributed by atoms with van der Waals surface area (Å²) in [5.74, 6) is 0.525. The average molecular weight is 334 g/mol. The minimum absolute atomic E-state index is 0.235. The zero-order valence-corrected chi connectivity index (χ0v) is 14.3. The van der Waals surface area contributed by atoms with Crippen LogP contribution in [0.2, 0.25) is 0 Å². The molecule has 3 unspecified atom stereocenters. The molecule has 4 heteroatoms. The SMILES string of the molecule is CCCOC(=O)c1ccc2c(c1)C1C=CCC1C(c1cccnc1)N2. The highest BCUT2D eigenvalue weighted by molar-refractivity contribution is 5.90. The lowest BCUT2D eigenvalue weighted by Gasteiger charge is -2.37. The third-order valence-corrected chi connectivity index (χ3v) is 5.08. The number of ether oxygens (including phenoxy) is 1. The summed E-state index contributed by atoms with van der Waals surface area (Å²) in [5, 5.41) is 3.66.